The van der Waals surface area contributed by atoms with E-state index in [1.165, 1.54) is 28.8 Å². The monoisotopic (exact) mass is 565 g/mol. The summed E-state index contributed by atoms with van der Waals surface area (Å²) in [5.74, 6) is 0.708. The lowest BCUT2D eigenvalue weighted by atomic mass is 10.1. The van der Waals surface area contributed by atoms with Gasteiger partial charge in [-0.1, -0.05) is 37.3 Å². The summed E-state index contributed by atoms with van der Waals surface area (Å²) in [5.41, 5.74) is 2.12. The molecule has 10 nitrogen and oxygen atoms in total. The quantitative estimate of drug-likeness (QED) is 0.316. The molecule has 1 unspecified atom stereocenters. The van der Waals surface area contributed by atoms with Crippen LogP contribution in [0.2, 0.25) is 0 Å². The van der Waals surface area contributed by atoms with Crippen molar-refractivity contribution in [3.63, 3.8) is 0 Å². The van der Waals surface area contributed by atoms with Crippen LogP contribution < -0.4 is 0 Å². The molecule has 1 aliphatic heterocycles. The predicted octanol–water partition coefficient (Wildman–Crippen LogP) is 3.98. The number of phenols is 1. The number of aromatic hydroxyl groups is 1. The van der Waals surface area contributed by atoms with Crippen LogP contribution >= 0.6 is 0 Å². The standard InChI is InChI=1S/C27H27N5O5S2/c1-2-15-38(34,35)30-13-11-20(18-30)32-25-23-12-14-31(39(36,37)22-9-4-3-5-10-22)27(23)28-17-24(25)29-26(32)19-7-6-8-21(33)16-19/h3-10,12,14,16-17,20,33H,2,11,13,15,18H2,1H3. The van der Waals surface area contributed by atoms with Crippen molar-refractivity contribution >= 4 is 42.1 Å². The first-order chi connectivity index (χ1) is 18.7. The normalized spacial score (nSPS) is 16.9. The summed E-state index contributed by atoms with van der Waals surface area (Å²) in [6.07, 6.45) is 4.12. The van der Waals surface area contributed by atoms with Gasteiger partial charge in [0, 0.05) is 30.2 Å². The average Bonchev–Trinajstić information content (AvgIpc) is 3.65. The first-order valence-corrected chi connectivity index (χ1v) is 15.7. The number of hydrogen-bond donors (Lipinski definition) is 1. The Labute approximate surface area is 226 Å². The molecule has 0 bridgehead atoms. The molecule has 39 heavy (non-hydrogen) atoms. The van der Waals surface area contributed by atoms with E-state index in [9.17, 15) is 21.9 Å². The Hall–Kier alpha value is -3.74. The Kier molecular flexibility index (Phi) is 6.20. The molecule has 4 heterocycles. The number of rotatable bonds is 7. The highest BCUT2D eigenvalue weighted by Crippen LogP contribution is 2.37. The molecule has 1 atom stereocenters. The summed E-state index contributed by atoms with van der Waals surface area (Å²) < 4.78 is 57.3. The molecule has 202 valence electrons. The SMILES string of the molecule is CCCS(=O)(=O)N1CCC(n2c(-c3cccc(O)c3)nc3cnc4c(ccn4S(=O)(=O)c4ccccc4)c32)C1. The van der Waals surface area contributed by atoms with Gasteiger partial charge in [-0.05, 0) is 43.2 Å². The van der Waals surface area contributed by atoms with Crippen LogP contribution in [-0.2, 0) is 20.0 Å². The van der Waals surface area contributed by atoms with Crippen LogP contribution in [0, 0.1) is 0 Å². The minimum absolute atomic E-state index is 0.0769. The number of nitrogens with zero attached hydrogens (tertiary/aromatic N) is 5. The molecule has 0 radical (unpaired) electrons. The van der Waals surface area contributed by atoms with Crippen molar-refractivity contribution in [1.29, 1.82) is 0 Å². The molecule has 2 aromatic carbocycles. The third kappa shape index (κ3) is 4.28. The van der Waals surface area contributed by atoms with Crippen molar-refractivity contribution in [2.45, 2.75) is 30.7 Å². The van der Waals surface area contributed by atoms with E-state index in [1.807, 2.05) is 17.6 Å². The number of aromatic nitrogens is 4. The summed E-state index contributed by atoms with van der Waals surface area (Å²) >= 11 is 0. The van der Waals surface area contributed by atoms with Crippen LogP contribution in [0.25, 0.3) is 33.5 Å². The number of hydrogen-bond acceptors (Lipinski definition) is 7. The third-order valence-corrected chi connectivity index (χ3v) is 10.8. The van der Waals surface area contributed by atoms with Crippen molar-refractivity contribution in [1.82, 2.24) is 22.8 Å². The first kappa shape index (κ1) is 25.5. The van der Waals surface area contributed by atoms with Gasteiger partial charge in [-0.15, -0.1) is 0 Å². The Morgan fingerprint density at radius 2 is 1.82 bits per heavy atom. The first-order valence-electron chi connectivity index (χ1n) is 12.7. The zero-order valence-corrected chi connectivity index (χ0v) is 22.8. The maximum atomic E-state index is 13.5. The Balaban J connectivity index is 1.57. The highest BCUT2D eigenvalue weighted by Gasteiger charge is 2.34. The van der Waals surface area contributed by atoms with Crippen LogP contribution in [0.3, 0.4) is 0 Å². The van der Waals surface area contributed by atoms with Crippen molar-refractivity contribution in [2.75, 3.05) is 18.8 Å². The molecule has 6 rings (SSSR count). The zero-order chi connectivity index (χ0) is 27.4. The number of fused-ring (bicyclic) bond motifs is 3. The van der Waals surface area contributed by atoms with E-state index in [1.54, 1.807) is 42.5 Å². The van der Waals surface area contributed by atoms with Gasteiger partial charge in [0.25, 0.3) is 10.0 Å². The van der Waals surface area contributed by atoms with Crippen molar-refractivity contribution < 1.29 is 21.9 Å². The van der Waals surface area contributed by atoms with Gasteiger partial charge in [0.05, 0.1) is 28.4 Å². The van der Waals surface area contributed by atoms with Crippen LogP contribution in [-0.4, -0.2) is 63.6 Å². The molecule has 3 aromatic heterocycles. The minimum Gasteiger partial charge on any atom is -0.508 e. The molecule has 0 saturated carbocycles. The molecule has 1 N–H and O–H groups in total. The maximum Gasteiger partial charge on any atom is 0.269 e. The predicted molar refractivity (Wildman–Crippen MR) is 148 cm³/mol. The number of sulfonamides is 1. The van der Waals surface area contributed by atoms with Crippen LogP contribution in [0.4, 0.5) is 0 Å². The highest BCUT2D eigenvalue weighted by molar-refractivity contribution is 7.90. The van der Waals surface area contributed by atoms with E-state index in [0.717, 1.165) is 3.97 Å². The second-order valence-corrected chi connectivity index (χ2v) is 13.5. The molecule has 5 aromatic rings. The molecule has 1 saturated heterocycles. The van der Waals surface area contributed by atoms with Gasteiger partial charge in [-0.3, -0.25) is 0 Å². The van der Waals surface area contributed by atoms with E-state index in [0.29, 0.717) is 47.2 Å². The fraction of sp³-hybridized carbons (Fsp3) is 0.259. The van der Waals surface area contributed by atoms with E-state index in [4.69, 9.17) is 4.98 Å². The van der Waals surface area contributed by atoms with Gasteiger partial charge in [0.2, 0.25) is 10.0 Å². The molecule has 0 aliphatic carbocycles. The lowest BCUT2D eigenvalue weighted by Gasteiger charge is -2.19. The third-order valence-electron chi connectivity index (χ3n) is 7.08. The fourth-order valence-electron chi connectivity index (χ4n) is 5.31. The largest absolute Gasteiger partial charge is 0.508 e. The smallest absolute Gasteiger partial charge is 0.269 e. The summed E-state index contributed by atoms with van der Waals surface area (Å²) in [7, 11) is -7.30. The Morgan fingerprint density at radius 1 is 1.03 bits per heavy atom. The Morgan fingerprint density at radius 3 is 2.56 bits per heavy atom. The topological polar surface area (TPSA) is 127 Å². The van der Waals surface area contributed by atoms with Gasteiger partial charge in [-0.2, -0.15) is 4.31 Å². The minimum atomic E-state index is -3.90. The lowest BCUT2D eigenvalue weighted by Crippen LogP contribution is -2.31. The maximum absolute atomic E-state index is 13.5. The number of benzene rings is 2. The highest BCUT2D eigenvalue weighted by atomic mass is 32.2. The fourth-order valence-corrected chi connectivity index (χ4v) is 8.19. The Bertz CT molecular complexity index is 1910. The van der Waals surface area contributed by atoms with E-state index in [-0.39, 0.29) is 34.6 Å². The molecule has 12 heteroatoms. The van der Waals surface area contributed by atoms with Crippen molar-refractivity contribution in [2.24, 2.45) is 0 Å². The van der Waals surface area contributed by atoms with Crippen LogP contribution in [0.1, 0.15) is 25.8 Å². The molecule has 0 spiro atoms. The van der Waals surface area contributed by atoms with Gasteiger partial charge in [-0.25, -0.2) is 30.8 Å². The number of phenolic OH excluding ortho intramolecular Hbond substituents is 1. The van der Waals surface area contributed by atoms with Crippen LogP contribution in [0.5, 0.6) is 5.75 Å². The van der Waals surface area contributed by atoms with Crippen molar-refractivity contribution in [3.8, 4) is 17.1 Å². The zero-order valence-electron chi connectivity index (χ0n) is 21.2. The van der Waals surface area contributed by atoms with E-state index >= 15 is 0 Å². The molecule has 1 aliphatic rings. The van der Waals surface area contributed by atoms with Gasteiger partial charge in [0.1, 0.15) is 17.1 Å². The molecular formula is C27H27N5O5S2. The van der Waals surface area contributed by atoms with E-state index < -0.39 is 20.0 Å². The number of imidazole rings is 1. The average molecular weight is 566 g/mol. The lowest BCUT2D eigenvalue weighted by molar-refractivity contribution is 0.455. The van der Waals surface area contributed by atoms with Gasteiger partial charge >= 0.3 is 0 Å². The molecular weight excluding hydrogens is 538 g/mol. The second-order valence-electron chi connectivity index (χ2n) is 9.63. The summed E-state index contributed by atoms with van der Waals surface area (Å²) in [6.45, 7) is 2.49. The van der Waals surface area contributed by atoms with Gasteiger partial charge in [0.15, 0.2) is 5.65 Å². The van der Waals surface area contributed by atoms with Gasteiger partial charge < -0.3 is 9.67 Å². The van der Waals surface area contributed by atoms with Crippen LogP contribution in [0.15, 0.2) is 78.0 Å². The molecule has 1 fully saturated rings. The second kappa shape index (κ2) is 9.47. The van der Waals surface area contributed by atoms with E-state index in [2.05, 4.69) is 4.98 Å². The van der Waals surface area contributed by atoms with Crippen molar-refractivity contribution in [3.05, 3.63) is 73.1 Å². The summed E-state index contributed by atoms with van der Waals surface area (Å²) in [5, 5.41) is 10.8. The number of pyridine rings is 1. The summed E-state index contributed by atoms with van der Waals surface area (Å²) in [6, 6.07) is 16.3. The summed E-state index contributed by atoms with van der Waals surface area (Å²) in [4.78, 5) is 9.46. The molecule has 0 amide bonds.